The minimum Gasteiger partial charge on any atom is -0.392 e. The zero-order valence-corrected chi connectivity index (χ0v) is 11.7. The van der Waals surface area contributed by atoms with Gasteiger partial charge in [-0.25, -0.2) is 0 Å². The van der Waals surface area contributed by atoms with Gasteiger partial charge in [-0.15, -0.1) is 0 Å². The van der Waals surface area contributed by atoms with Gasteiger partial charge in [0, 0.05) is 19.7 Å². The molecule has 1 heterocycles. The largest absolute Gasteiger partial charge is 0.392 e. The van der Waals surface area contributed by atoms with E-state index in [2.05, 4.69) is 5.10 Å². The average molecular weight is 260 g/mol. The molecule has 1 N–H and O–H groups in total. The molecule has 1 aromatic heterocycles. The predicted octanol–water partition coefficient (Wildman–Crippen LogP) is 2.40. The molecule has 4 fully saturated rings. The molecular weight excluding hydrogens is 236 g/mol. The normalized spacial score (nSPS) is 41.7. The van der Waals surface area contributed by atoms with Crippen LogP contribution in [-0.4, -0.2) is 21.0 Å². The summed E-state index contributed by atoms with van der Waals surface area (Å²) in [6, 6.07) is 2.04. The zero-order valence-electron chi connectivity index (χ0n) is 11.7. The van der Waals surface area contributed by atoms with Crippen molar-refractivity contribution in [2.75, 3.05) is 0 Å². The van der Waals surface area contributed by atoms with Gasteiger partial charge in [0.25, 0.3) is 0 Å². The molecule has 4 aliphatic rings. The molecule has 0 saturated heterocycles. The highest BCUT2D eigenvalue weighted by atomic mass is 16.3. The average Bonchev–Trinajstić information content (AvgIpc) is 2.73. The Morgan fingerprint density at radius 3 is 2.37 bits per heavy atom. The molecule has 4 saturated carbocycles. The number of rotatable bonds is 3. The maximum Gasteiger partial charge on any atom is 0.0650 e. The van der Waals surface area contributed by atoms with Gasteiger partial charge in [0.05, 0.1) is 11.8 Å². The van der Waals surface area contributed by atoms with Crippen molar-refractivity contribution in [2.24, 2.45) is 36.6 Å². The number of hydrogen-bond acceptors (Lipinski definition) is 2. The summed E-state index contributed by atoms with van der Waals surface area (Å²) in [6.07, 6.45) is 9.56. The van der Waals surface area contributed by atoms with Gasteiger partial charge >= 0.3 is 0 Å². The molecule has 1 aromatic rings. The third-order valence-corrected chi connectivity index (χ3v) is 5.93. The van der Waals surface area contributed by atoms with Crippen LogP contribution in [0.5, 0.6) is 0 Å². The smallest absolute Gasteiger partial charge is 0.0650 e. The fraction of sp³-hybridized carbons (Fsp3) is 0.812. The van der Waals surface area contributed by atoms with Crippen molar-refractivity contribution in [1.29, 1.82) is 0 Å². The second kappa shape index (κ2) is 4.34. The zero-order chi connectivity index (χ0) is 13.0. The summed E-state index contributed by atoms with van der Waals surface area (Å²) in [5.41, 5.74) is 1.05. The number of aryl methyl sites for hydroxylation is 1. The Kier molecular flexibility index (Phi) is 2.73. The molecule has 1 atom stereocenters. The van der Waals surface area contributed by atoms with Crippen molar-refractivity contribution in [2.45, 2.75) is 44.6 Å². The highest BCUT2D eigenvalue weighted by molar-refractivity contribution is 5.05. The van der Waals surface area contributed by atoms with Crippen LogP contribution in [0.15, 0.2) is 12.3 Å². The van der Waals surface area contributed by atoms with Crippen LogP contribution in [0.25, 0.3) is 0 Å². The number of aliphatic hydroxyl groups excluding tert-OH is 1. The second-order valence-electron chi connectivity index (χ2n) is 7.26. The van der Waals surface area contributed by atoms with Gasteiger partial charge in [-0.05, 0) is 67.8 Å². The molecule has 0 aliphatic heterocycles. The van der Waals surface area contributed by atoms with E-state index in [1.807, 2.05) is 24.0 Å². The van der Waals surface area contributed by atoms with Crippen molar-refractivity contribution in [3.63, 3.8) is 0 Å². The first kappa shape index (κ1) is 12.0. The van der Waals surface area contributed by atoms with E-state index in [1.165, 1.54) is 32.1 Å². The van der Waals surface area contributed by atoms with E-state index in [9.17, 15) is 5.11 Å². The number of nitrogens with zero attached hydrogens (tertiary/aromatic N) is 2. The van der Waals surface area contributed by atoms with Gasteiger partial charge in [-0.3, -0.25) is 4.68 Å². The quantitative estimate of drug-likeness (QED) is 0.906. The summed E-state index contributed by atoms with van der Waals surface area (Å²) in [7, 11) is 1.94. The van der Waals surface area contributed by atoms with Crippen LogP contribution in [0.3, 0.4) is 0 Å². The molecular formula is C16H24N2O. The van der Waals surface area contributed by atoms with Crippen LogP contribution in [0.2, 0.25) is 0 Å². The van der Waals surface area contributed by atoms with Gasteiger partial charge in [-0.1, -0.05) is 0 Å². The van der Waals surface area contributed by atoms with Crippen LogP contribution >= 0.6 is 0 Å². The topological polar surface area (TPSA) is 38.0 Å². The van der Waals surface area contributed by atoms with E-state index >= 15 is 0 Å². The standard InChI is InChI=1S/C16H24N2O/c1-18-3-2-14(17-18)9-15(19)16-12-5-10-4-11(7-12)8-13(16)6-10/h2-3,10-13,15-16,19H,4-9H2,1H3. The molecule has 0 aromatic carbocycles. The highest BCUT2D eigenvalue weighted by Gasteiger charge is 2.50. The minimum atomic E-state index is -0.176. The summed E-state index contributed by atoms with van der Waals surface area (Å²) in [5.74, 6) is 4.13. The number of aliphatic hydroxyl groups is 1. The van der Waals surface area contributed by atoms with E-state index in [0.29, 0.717) is 5.92 Å². The van der Waals surface area contributed by atoms with Gasteiger partial charge in [0.1, 0.15) is 0 Å². The lowest BCUT2D eigenvalue weighted by molar-refractivity contribution is -0.0889. The molecule has 0 spiro atoms. The summed E-state index contributed by atoms with van der Waals surface area (Å²) in [5, 5.41) is 15.1. The Morgan fingerprint density at radius 2 is 1.84 bits per heavy atom. The van der Waals surface area contributed by atoms with E-state index in [1.54, 1.807) is 0 Å². The van der Waals surface area contributed by atoms with E-state index in [0.717, 1.165) is 35.8 Å². The maximum atomic E-state index is 10.7. The third kappa shape index (κ3) is 2.03. The molecule has 104 valence electrons. The molecule has 5 rings (SSSR count). The molecule has 0 radical (unpaired) electrons. The van der Waals surface area contributed by atoms with Gasteiger partial charge in [-0.2, -0.15) is 5.10 Å². The maximum absolute atomic E-state index is 10.7. The molecule has 3 heteroatoms. The predicted molar refractivity (Wildman–Crippen MR) is 73.5 cm³/mol. The Labute approximate surface area is 115 Å². The van der Waals surface area contributed by atoms with Crippen LogP contribution in [0.4, 0.5) is 0 Å². The van der Waals surface area contributed by atoms with Crippen LogP contribution in [0.1, 0.15) is 37.8 Å². The lowest BCUT2D eigenvalue weighted by Gasteiger charge is -2.55. The fourth-order valence-corrected chi connectivity index (χ4v) is 5.52. The van der Waals surface area contributed by atoms with Gasteiger partial charge in [0.2, 0.25) is 0 Å². The van der Waals surface area contributed by atoms with Crippen LogP contribution in [0, 0.1) is 29.6 Å². The Morgan fingerprint density at radius 1 is 1.21 bits per heavy atom. The van der Waals surface area contributed by atoms with Crippen molar-refractivity contribution < 1.29 is 5.11 Å². The summed E-state index contributed by atoms with van der Waals surface area (Å²) in [6.45, 7) is 0. The van der Waals surface area contributed by atoms with E-state index in [4.69, 9.17) is 0 Å². The fourth-order valence-electron chi connectivity index (χ4n) is 5.52. The molecule has 4 bridgehead atoms. The van der Waals surface area contributed by atoms with E-state index < -0.39 is 0 Å². The van der Waals surface area contributed by atoms with Crippen LogP contribution < -0.4 is 0 Å². The first-order chi connectivity index (χ1) is 9.19. The van der Waals surface area contributed by atoms with Crippen molar-refractivity contribution in [3.8, 4) is 0 Å². The molecule has 4 aliphatic carbocycles. The van der Waals surface area contributed by atoms with E-state index in [-0.39, 0.29) is 6.10 Å². The third-order valence-electron chi connectivity index (χ3n) is 5.93. The summed E-state index contributed by atoms with van der Waals surface area (Å²) in [4.78, 5) is 0. The molecule has 19 heavy (non-hydrogen) atoms. The first-order valence-electron chi connectivity index (χ1n) is 7.85. The summed E-state index contributed by atoms with van der Waals surface area (Å²) < 4.78 is 1.83. The molecule has 0 amide bonds. The second-order valence-corrected chi connectivity index (χ2v) is 7.26. The Hall–Kier alpha value is -0.830. The monoisotopic (exact) mass is 260 g/mol. The Bertz CT molecular complexity index is 439. The Balaban J connectivity index is 1.49. The SMILES string of the molecule is Cn1ccc(CC(O)C2C3CC4CC(C3)CC2C4)n1. The summed E-state index contributed by atoms with van der Waals surface area (Å²) >= 11 is 0. The number of hydrogen-bond donors (Lipinski definition) is 1. The minimum absolute atomic E-state index is 0.176. The molecule has 3 nitrogen and oxygen atoms in total. The first-order valence-corrected chi connectivity index (χ1v) is 7.85. The highest BCUT2D eigenvalue weighted by Crippen LogP contribution is 2.57. The molecule has 1 unspecified atom stereocenters. The van der Waals surface area contributed by atoms with Gasteiger partial charge in [0.15, 0.2) is 0 Å². The van der Waals surface area contributed by atoms with Crippen molar-refractivity contribution in [3.05, 3.63) is 18.0 Å². The lowest BCUT2D eigenvalue weighted by atomic mass is 9.50. The van der Waals surface area contributed by atoms with Crippen molar-refractivity contribution >= 4 is 0 Å². The number of aromatic nitrogens is 2. The lowest BCUT2D eigenvalue weighted by Crippen LogP contribution is -2.49. The van der Waals surface area contributed by atoms with Crippen molar-refractivity contribution in [1.82, 2.24) is 9.78 Å². The van der Waals surface area contributed by atoms with Crippen LogP contribution in [-0.2, 0) is 13.5 Å². The van der Waals surface area contributed by atoms with Gasteiger partial charge < -0.3 is 5.11 Å².